The highest BCUT2D eigenvalue weighted by Crippen LogP contribution is 2.29. The van der Waals surface area contributed by atoms with Crippen molar-refractivity contribution in [2.24, 2.45) is 0 Å². The van der Waals surface area contributed by atoms with Crippen molar-refractivity contribution in [3.05, 3.63) is 34.6 Å². The number of carbonyl (C=O) groups is 3. The van der Waals surface area contributed by atoms with Gasteiger partial charge in [-0.05, 0) is 30.5 Å². The van der Waals surface area contributed by atoms with Crippen LogP contribution in [0.1, 0.15) is 31.2 Å². The minimum atomic E-state index is -0.850. The Morgan fingerprint density at radius 3 is 2.45 bits per heavy atom. The molecule has 0 atom stereocenters. The lowest BCUT2D eigenvalue weighted by Crippen LogP contribution is -2.39. The van der Waals surface area contributed by atoms with Gasteiger partial charge in [-0.1, -0.05) is 30.5 Å². The number of hydrogen-bond acceptors (Lipinski definition) is 3. The summed E-state index contributed by atoms with van der Waals surface area (Å²) in [5.41, 5.74) is 0.422. The van der Waals surface area contributed by atoms with Crippen LogP contribution in [0.3, 0.4) is 0 Å². The molecule has 0 spiro atoms. The summed E-state index contributed by atoms with van der Waals surface area (Å²) in [7, 11) is 0. The highest BCUT2D eigenvalue weighted by Gasteiger charge is 2.48. The predicted molar refractivity (Wildman–Crippen MR) is 76.5 cm³/mol. The molecule has 5 nitrogen and oxygen atoms in total. The van der Waals surface area contributed by atoms with E-state index < -0.39 is 23.7 Å². The third-order valence-corrected chi connectivity index (χ3v) is 4.47. The summed E-state index contributed by atoms with van der Waals surface area (Å²) in [5, 5.41) is 0.118. The van der Waals surface area contributed by atoms with E-state index in [0.29, 0.717) is 5.56 Å². The Balaban J connectivity index is 1.83. The van der Waals surface area contributed by atoms with Gasteiger partial charge in [0, 0.05) is 11.1 Å². The first-order valence-electron chi connectivity index (χ1n) is 7.12. The smallest absolute Gasteiger partial charge is 0.263 e. The quantitative estimate of drug-likeness (QED) is 0.634. The lowest BCUT2D eigenvalue weighted by molar-refractivity contribution is -0.144. The first-order valence-corrected chi connectivity index (χ1v) is 7.50. The standard InChI is InChI=1S/C15H14ClFN2O3/c16-12-7-10(17)6-5-9(12)8-18-13(20)14(21)19(15(18)22)11-3-1-2-4-11/h5-7,11H,1-4,8H2. The van der Waals surface area contributed by atoms with Gasteiger partial charge in [-0.25, -0.2) is 9.18 Å². The van der Waals surface area contributed by atoms with Crippen molar-refractivity contribution in [1.29, 1.82) is 0 Å². The second kappa shape index (κ2) is 5.68. The van der Waals surface area contributed by atoms with Crippen molar-refractivity contribution >= 4 is 29.4 Å². The first-order chi connectivity index (χ1) is 10.5. The van der Waals surface area contributed by atoms with Gasteiger partial charge in [0.25, 0.3) is 0 Å². The summed E-state index contributed by atoms with van der Waals surface area (Å²) >= 11 is 5.92. The monoisotopic (exact) mass is 324 g/mol. The van der Waals surface area contributed by atoms with E-state index in [-0.39, 0.29) is 17.6 Å². The lowest BCUT2D eigenvalue weighted by Gasteiger charge is -2.21. The number of carbonyl (C=O) groups excluding carboxylic acids is 3. The van der Waals surface area contributed by atoms with Gasteiger partial charge in [0.2, 0.25) is 0 Å². The van der Waals surface area contributed by atoms with Crippen LogP contribution in [-0.4, -0.2) is 33.7 Å². The molecule has 0 radical (unpaired) electrons. The van der Waals surface area contributed by atoms with Crippen molar-refractivity contribution < 1.29 is 18.8 Å². The van der Waals surface area contributed by atoms with Crippen molar-refractivity contribution in [2.75, 3.05) is 0 Å². The summed E-state index contributed by atoms with van der Waals surface area (Å²) < 4.78 is 13.0. The maximum Gasteiger partial charge on any atom is 0.334 e. The van der Waals surface area contributed by atoms with E-state index in [1.165, 1.54) is 12.1 Å². The number of rotatable bonds is 3. The molecule has 1 heterocycles. The third kappa shape index (κ3) is 2.47. The number of nitrogens with zero attached hydrogens (tertiary/aromatic N) is 2. The van der Waals surface area contributed by atoms with Gasteiger partial charge in [0.1, 0.15) is 5.82 Å². The molecule has 2 aliphatic rings. The van der Waals surface area contributed by atoms with Crippen LogP contribution in [0.25, 0.3) is 0 Å². The normalized spacial score (nSPS) is 19.6. The number of benzene rings is 1. The molecule has 2 fully saturated rings. The van der Waals surface area contributed by atoms with Crippen molar-refractivity contribution in [2.45, 2.75) is 38.3 Å². The summed E-state index contributed by atoms with van der Waals surface area (Å²) in [6.07, 6.45) is 3.35. The number of imide groups is 2. The molecule has 1 aliphatic carbocycles. The Bertz CT molecular complexity index is 658. The molecule has 1 aromatic rings. The third-order valence-electron chi connectivity index (χ3n) is 4.12. The SMILES string of the molecule is O=C1C(=O)N(C2CCCC2)C(=O)N1Cc1ccc(F)cc1Cl. The second-order valence-electron chi connectivity index (χ2n) is 5.52. The van der Waals surface area contributed by atoms with E-state index in [1.54, 1.807) is 0 Å². The van der Waals surface area contributed by atoms with Crippen molar-refractivity contribution in [3.63, 3.8) is 0 Å². The highest BCUT2D eigenvalue weighted by molar-refractivity contribution is 6.44. The predicted octanol–water partition coefficient (Wildman–Crippen LogP) is 2.71. The molecule has 7 heteroatoms. The Morgan fingerprint density at radius 2 is 1.82 bits per heavy atom. The molecule has 0 bridgehead atoms. The van der Waals surface area contributed by atoms with Crippen molar-refractivity contribution in [3.8, 4) is 0 Å². The second-order valence-corrected chi connectivity index (χ2v) is 5.93. The van der Waals surface area contributed by atoms with Crippen LogP contribution in [0.2, 0.25) is 5.02 Å². The molecule has 0 N–H and O–H groups in total. The van der Waals surface area contributed by atoms with E-state index >= 15 is 0 Å². The van der Waals surface area contributed by atoms with Gasteiger partial charge in [-0.2, -0.15) is 0 Å². The van der Waals surface area contributed by atoms with Crippen LogP contribution in [0.5, 0.6) is 0 Å². The van der Waals surface area contributed by atoms with Gasteiger partial charge in [0.05, 0.1) is 6.54 Å². The molecule has 0 unspecified atom stereocenters. The summed E-state index contributed by atoms with van der Waals surface area (Å²) in [6.45, 7) is -0.133. The van der Waals surface area contributed by atoms with Crippen LogP contribution in [-0.2, 0) is 16.1 Å². The minimum absolute atomic E-state index is 0.118. The van der Waals surface area contributed by atoms with Gasteiger partial charge < -0.3 is 0 Å². The number of urea groups is 1. The van der Waals surface area contributed by atoms with Crippen LogP contribution < -0.4 is 0 Å². The van der Waals surface area contributed by atoms with Gasteiger partial charge >= 0.3 is 17.8 Å². The molecule has 1 saturated carbocycles. The number of amides is 4. The molecule has 0 aromatic heterocycles. The Morgan fingerprint density at radius 1 is 1.14 bits per heavy atom. The zero-order valence-electron chi connectivity index (χ0n) is 11.7. The van der Waals surface area contributed by atoms with Gasteiger partial charge in [0.15, 0.2) is 0 Å². The van der Waals surface area contributed by atoms with Gasteiger partial charge in [-0.15, -0.1) is 0 Å². The molecular formula is C15H14ClFN2O3. The molecule has 116 valence electrons. The fourth-order valence-corrected chi connectivity index (χ4v) is 3.19. The topological polar surface area (TPSA) is 57.7 Å². The fraction of sp³-hybridized carbons (Fsp3) is 0.400. The molecular weight excluding hydrogens is 311 g/mol. The number of halogens is 2. The molecule has 22 heavy (non-hydrogen) atoms. The van der Waals surface area contributed by atoms with Crippen molar-refractivity contribution in [1.82, 2.24) is 9.80 Å². The maximum atomic E-state index is 13.0. The van der Waals surface area contributed by atoms with Crippen LogP contribution >= 0.6 is 11.6 Å². The molecule has 1 aromatic carbocycles. The van der Waals surface area contributed by atoms with E-state index in [4.69, 9.17) is 11.6 Å². The molecule has 4 amide bonds. The maximum absolute atomic E-state index is 13.0. The average Bonchev–Trinajstić information content (AvgIpc) is 3.05. The van der Waals surface area contributed by atoms with E-state index in [2.05, 4.69) is 0 Å². The van der Waals surface area contributed by atoms with Crippen LogP contribution in [0.4, 0.5) is 9.18 Å². The van der Waals surface area contributed by atoms with E-state index in [9.17, 15) is 18.8 Å². The average molecular weight is 325 g/mol. The summed E-state index contributed by atoms with van der Waals surface area (Å²) in [5.74, 6) is -2.14. The first kappa shape index (κ1) is 15.0. The number of hydrogen-bond donors (Lipinski definition) is 0. The largest absolute Gasteiger partial charge is 0.334 e. The van der Waals surface area contributed by atoms with E-state index in [1.807, 2.05) is 0 Å². The molecule has 3 rings (SSSR count). The zero-order chi connectivity index (χ0) is 15.9. The van der Waals surface area contributed by atoms with Gasteiger partial charge in [-0.3, -0.25) is 19.4 Å². The lowest BCUT2D eigenvalue weighted by atomic mass is 10.2. The molecule has 1 aliphatic heterocycles. The fourth-order valence-electron chi connectivity index (χ4n) is 2.97. The minimum Gasteiger partial charge on any atom is -0.263 e. The Kier molecular flexibility index (Phi) is 3.87. The Labute approximate surface area is 131 Å². The Hall–Kier alpha value is -1.95. The summed E-state index contributed by atoms with van der Waals surface area (Å²) in [4.78, 5) is 38.5. The molecule has 1 saturated heterocycles. The zero-order valence-corrected chi connectivity index (χ0v) is 12.5. The van der Waals surface area contributed by atoms with Crippen LogP contribution in [0, 0.1) is 5.82 Å². The van der Waals surface area contributed by atoms with E-state index in [0.717, 1.165) is 41.5 Å². The summed E-state index contributed by atoms with van der Waals surface area (Å²) in [6, 6.07) is 2.90. The highest BCUT2D eigenvalue weighted by atomic mass is 35.5. The van der Waals surface area contributed by atoms with Crippen LogP contribution in [0.15, 0.2) is 18.2 Å².